The van der Waals surface area contributed by atoms with Gasteiger partial charge >= 0.3 is 10.3 Å². The quantitative estimate of drug-likeness (QED) is 0.281. The maximum Gasteiger partial charge on any atom is 0.333 e. The van der Waals surface area contributed by atoms with Crippen LogP contribution in [0.5, 0.6) is 0 Å². The molecule has 6 N–H and O–H groups in total. The number of ether oxygens (including phenoxy) is 1. The fraction of sp³-hybridized carbons (Fsp3) is 1.00. The highest BCUT2D eigenvalue weighted by Crippen LogP contribution is 2.19. The van der Waals surface area contributed by atoms with E-state index in [9.17, 15) is 23.7 Å². The lowest BCUT2D eigenvalue weighted by Gasteiger charge is -2.39. The molecule has 0 amide bonds. The molecule has 0 bridgehead atoms. The lowest BCUT2D eigenvalue weighted by molar-refractivity contribution is -0.251. The van der Waals surface area contributed by atoms with Gasteiger partial charge in [0.1, 0.15) is 24.4 Å². The van der Waals surface area contributed by atoms with Gasteiger partial charge in [-0.15, -0.1) is 0 Å². The largest absolute Gasteiger partial charge is 0.394 e. The van der Waals surface area contributed by atoms with Crippen molar-refractivity contribution in [3.63, 3.8) is 0 Å². The molecule has 0 aromatic rings. The lowest BCUT2D eigenvalue weighted by Crippen LogP contribution is -2.64. The molecule has 1 heterocycles. The summed E-state index contributed by atoms with van der Waals surface area (Å²) in [5, 5.41) is 36.8. The second-order valence-corrected chi connectivity index (χ2v) is 4.53. The van der Waals surface area contributed by atoms with E-state index in [1.54, 1.807) is 0 Å². The zero-order valence-electron chi connectivity index (χ0n) is 7.96. The van der Waals surface area contributed by atoms with E-state index in [-0.39, 0.29) is 0 Å². The van der Waals surface area contributed by atoms with E-state index >= 15 is 0 Å². The predicted octanol–water partition coefficient (Wildman–Crippen LogP) is -3.82. The Balaban J connectivity index is 2.80. The van der Waals surface area contributed by atoms with Crippen molar-refractivity contribution in [1.29, 1.82) is 0 Å². The molecule has 1 aliphatic heterocycles. The van der Waals surface area contributed by atoms with Crippen LogP contribution >= 0.6 is 0 Å². The van der Waals surface area contributed by atoms with Crippen molar-refractivity contribution >= 4 is 10.3 Å². The molecule has 9 nitrogen and oxygen atoms in total. The second kappa shape index (κ2) is 4.89. The van der Waals surface area contributed by atoms with Crippen LogP contribution in [-0.2, 0) is 15.0 Å². The van der Waals surface area contributed by atoms with Crippen LogP contribution in [0, 0.1) is 0 Å². The lowest BCUT2D eigenvalue weighted by atomic mass is 9.98. The summed E-state index contributed by atoms with van der Waals surface area (Å²) in [6, 6.07) is -1.62. The Morgan fingerprint density at radius 2 is 1.75 bits per heavy atom. The molecular formula is C6H13NO8S. The van der Waals surface area contributed by atoms with Gasteiger partial charge in [-0.2, -0.15) is 13.1 Å². The molecule has 1 aliphatic rings. The van der Waals surface area contributed by atoms with Gasteiger partial charge in [-0.05, 0) is 0 Å². The molecule has 0 aromatic carbocycles. The van der Waals surface area contributed by atoms with Gasteiger partial charge in [0.05, 0.1) is 6.61 Å². The Morgan fingerprint density at radius 3 is 2.19 bits per heavy atom. The Bertz CT molecular complexity index is 331. The van der Waals surface area contributed by atoms with E-state index in [0.29, 0.717) is 0 Å². The van der Waals surface area contributed by atoms with Crippen LogP contribution in [-0.4, -0.2) is 70.6 Å². The Hall–Kier alpha value is -0.330. The minimum Gasteiger partial charge on any atom is -0.394 e. The van der Waals surface area contributed by atoms with Gasteiger partial charge in [0.25, 0.3) is 0 Å². The summed E-state index contributed by atoms with van der Waals surface area (Å²) in [6.07, 6.45) is -6.34. The van der Waals surface area contributed by atoms with Crippen molar-refractivity contribution in [3.05, 3.63) is 0 Å². The fourth-order valence-corrected chi connectivity index (χ4v) is 2.00. The van der Waals surface area contributed by atoms with Crippen LogP contribution in [0.1, 0.15) is 0 Å². The van der Waals surface area contributed by atoms with E-state index < -0.39 is 47.6 Å². The van der Waals surface area contributed by atoms with Gasteiger partial charge in [0.2, 0.25) is 0 Å². The molecule has 0 unspecified atom stereocenters. The average molecular weight is 259 g/mol. The molecule has 16 heavy (non-hydrogen) atoms. The molecule has 0 aliphatic carbocycles. The van der Waals surface area contributed by atoms with Gasteiger partial charge in [-0.1, -0.05) is 0 Å². The van der Waals surface area contributed by atoms with E-state index in [0.717, 1.165) is 0 Å². The van der Waals surface area contributed by atoms with Gasteiger partial charge in [-0.3, -0.25) is 4.55 Å². The van der Waals surface area contributed by atoms with Crippen LogP contribution in [0.25, 0.3) is 0 Å². The first-order valence-corrected chi connectivity index (χ1v) is 5.75. The van der Waals surface area contributed by atoms with Gasteiger partial charge < -0.3 is 25.2 Å². The maximum atomic E-state index is 10.5. The molecule has 96 valence electrons. The molecule has 10 heteroatoms. The van der Waals surface area contributed by atoms with Crippen LogP contribution in [0.4, 0.5) is 0 Å². The van der Waals surface area contributed by atoms with Crippen molar-refractivity contribution < 1.29 is 38.1 Å². The zero-order chi connectivity index (χ0) is 12.5. The SMILES string of the molecule is O=S(=O)(O)N[C@H]1[C@@H](O)[C@H](O)[C@@H](CO)O[C@H]1O. The van der Waals surface area contributed by atoms with Crippen LogP contribution in [0.3, 0.4) is 0 Å². The average Bonchev–Trinajstić information content (AvgIpc) is 2.17. The Labute approximate surface area is 91.2 Å². The number of aliphatic hydroxyl groups is 4. The molecule has 1 fully saturated rings. The van der Waals surface area contributed by atoms with Crippen molar-refractivity contribution in [2.45, 2.75) is 30.6 Å². The molecule has 1 rings (SSSR count). The minimum atomic E-state index is -4.66. The van der Waals surface area contributed by atoms with Crippen LogP contribution < -0.4 is 4.72 Å². The van der Waals surface area contributed by atoms with E-state index in [4.69, 9.17) is 9.66 Å². The fourth-order valence-electron chi connectivity index (χ4n) is 1.40. The standard InChI is InChI=1S/C6H13NO8S/c8-1-2-4(9)5(10)3(6(11)15-2)7-16(12,13)14/h2-11H,1H2,(H,12,13,14)/t2-,3+,4-,5-,6-/m1/s1. The smallest absolute Gasteiger partial charge is 0.333 e. The van der Waals surface area contributed by atoms with Crippen molar-refractivity contribution in [2.24, 2.45) is 0 Å². The predicted molar refractivity (Wildman–Crippen MR) is 48.5 cm³/mol. The summed E-state index contributed by atoms with van der Waals surface area (Å²) in [5.41, 5.74) is 0. The summed E-state index contributed by atoms with van der Waals surface area (Å²) < 4.78 is 35.6. The third-order valence-electron chi connectivity index (χ3n) is 2.19. The highest BCUT2D eigenvalue weighted by molar-refractivity contribution is 7.83. The van der Waals surface area contributed by atoms with Gasteiger partial charge in [0.15, 0.2) is 6.29 Å². The number of hydrogen-bond donors (Lipinski definition) is 6. The highest BCUT2D eigenvalue weighted by atomic mass is 32.2. The first-order chi connectivity index (χ1) is 7.26. The third kappa shape index (κ3) is 3.09. The summed E-state index contributed by atoms with van der Waals surface area (Å²) in [6.45, 7) is -0.659. The number of hydrogen-bond acceptors (Lipinski definition) is 7. The highest BCUT2D eigenvalue weighted by Gasteiger charge is 2.44. The van der Waals surface area contributed by atoms with E-state index in [2.05, 4.69) is 4.74 Å². The van der Waals surface area contributed by atoms with E-state index in [1.165, 1.54) is 4.72 Å². The second-order valence-electron chi connectivity index (χ2n) is 3.35. The van der Waals surface area contributed by atoms with Gasteiger partial charge in [-0.25, -0.2) is 0 Å². The summed E-state index contributed by atoms with van der Waals surface area (Å²) in [5.74, 6) is 0. The first kappa shape index (κ1) is 13.7. The number of rotatable bonds is 3. The third-order valence-corrected chi connectivity index (χ3v) is 2.76. The van der Waals surface area contributed by atoms with E-state index in [1.807, 2.05) is 0 Å². The molecule has 1 saturated heterocycles. The van der Waals surface area contributed by atoms with Crippen molar-refractivity contribution in [2.75, 3.05) is 6.61 Å². The molecule has 0 aromatic heterocycles. The van der Waals surface area contributed by atoms with Crippen molar-refractivity contribution in [1.82, 2.24) is 4.72 Å². The molecule has 0 spiro atoms. The summed E-state index contributed by atoms with van der Waals surface area (Å²) in [7, 11) is -4.66. The normalized spacial score (nSPS) is 40.9. The number of aliphatic hydroxyl groups excluding tert-OH is 4. The van der Waals surface area contributed by atoms with Gasteiger partial charge in [0, 0.05) is 0 Å². The zero-order valence-corrected chi connectivity index (χ0v) is 8.78. The van der Waals surface area contributed by atoms with Crippen molar-refractivity contribution in [3.8, 4) is 0 Å². The Morgan fingerprint density at radius 1 is 1.19 bits per heavy atom. The topological polar surface area (TPSA) is 157 Å². The minimum absolute atomic E-state index is 0.659. The molecule has 0 radical (unpaired) electrons. The molecular weight excluding hydrogens is 246 g/mol. The Kier molecular flexibility index (Phi) is 4.20. The molecule has 0 saturated carbocycles. The van der Waals surface area contributed by atoms with Crippen LogP contribution in [0.15, 0.2) is 0 Å². The monoisotopic (exact) mass is 259 g/mol. The summed E-state index contributed by atoms with van der Waals surface area (Å²) in [4.78, 5) is 0. The number of nitrogens with one attached hydrogen (secondary N) is 1. The summed E-state index contributed by atoms with van der Waals surface area (Å²) >= 11 is 0. The molecule has 5 atom stereocenters. The first-order valence-electron chi connectivity index (χ1n) is 4.31. The maximum absolute atomic E-state index is 10.5. The van der Waals surface area contributed by atoms with Crippen LogP contribution in [0.2, 0.25) is 0 Å².